The van der Waals surface area contributed by atoms with Crippen molar-refractivity contribution < 1.29 is 14.3 Å². The van der Waals surface area contributed by atoms with E-state index in [0.717, 1.165) is 51.6 Å². The molecule has 3 aliphatic heterocycles. The Labute approximate surface area is 220 Å². The summed E-state index contributed by atoms with van der Waals surface area (Å²) in [5.74, 6) is 1.01. The van der Waals surface area contributed by atoms with Crippen molar-refractivity contribution in [2.75, 3.05) is 26.7 Å². The molecule has 2 saturated carbocycles. The Bertz CT molecular complexity index is 832. The number of nitrogens with zero attached hydrogens (tertiary/aromatic N) is 2. The van der Waals surface area contributed by atoms with Crippen LogP contribution in [-0.2, 0) is 14.3 Å². The lowest BCUT2D eigenvalue weighted by Crippen LogP contribution is -2.55. The van der Waals surface area contributed by atoms with Gasteiger partial charge in [0.25, 0.3) is 0 Å². The summed E-state index contributed by atoms with van der Waals surface area (Å²) in [5, 5.41) is 20.3. The number of hydrogen-bond acceptors (Lipinski definition) is 7. The highest BCUT2D eigenvalue weighted by Crippen LogP contribution is 2.42. The fourth-order valence-electron chi connectivity index (χ4n) is 7.51. The zero-order chi connectivity index (χ0) is 25.2. The number of ether oxygens (including phenoxy) is 1. The minimum Gasteiger partial charge on any atom is -0.381 e. The van der Waals surface area contributed by atoms with Crippen LogP contribution in [0.4, 0.5) is 0 Å². The quantitative estimate of drug-likeness (QED) is 0.514. The number of fused-ring (bicyclic) bond motifs is 1. The van der Waals surface area contributed by atoms with Gasteiger partial charge >= 0.3 is 0 Å². The molecule has 8 nitrogen and oxygen atoms in total. The number of hydrogen-bond donors (Lipinski definition) is 3. The van der Waals surface area contributed by atoms with Crippen molar-refractivity contribution in [2.45, 2.75) is 93.6 Å². The molecule has 0 spiro atoms. The van der Waals surface area contributed by atoms with Gasteiger partial charge in [0, 0.05) is 55.9 Å². The number of nitrogens with one attached hydrogen (secondary N) is 3. The predicted molar refractivity (Wildman–Crippen MR) is 140 cm³/mol. The van der Waals surface area contributed by atoms with Crippen molar-refractivity contribution in [3.05, 3.63) is 0 Å². The van der Waals surface area contributed by atoms with Crippen molar-refractivity contribution in [3.8, 4) is 6.07 Å². The van der Waals surface area contributed by atoms with E-state index in [0.29, 0.717) is 23.7 Å². The van der Waals surface area contributed by atoms with E-state index in [-0.39, 0.29) is 53.1 Å². The van der Waals surface area contributed by atoms with Crippen molar-refractivity contribution in [3.63, 3.8) is 0 Å². The van der Waals surface area contributed by atoms with Gasteiger partial charge in [-0.25, -0.2) is 0 Å². The van der Waals surface area contributed by atoms with Crippen molar-refractivity contribution in [2.24, 2.45) is 29.6 Å². The predicted octanol–water partition coefficient (Wildman–Crippen LogP) is 2.45. The van der Waals surface area contributed by atoms with E-state index in [2.05, 4.69) is 33.8 Å². The van der Waals surface area contributed by atoms with Crippen LogP contribution >= 0.6 is 11.8 Å². The maximum absolute atomic E-state index is 13.6. The first-order valence-electron chi connectivity index (χ1n) is 14.1. The number of carbonyl (C=O) groups is 2. The highest BCUT2D eigenvalue weighted by Gasteiger charge is 2.47. The molecule has 3 N–H and O–H groups in total. The Balaban J connectivity index is 1.17. The maximum atomic E-state index is 13.6. The number of carbonyl (C=O) groups excluding carboxylic acids is 2. The molecule has 5 rings (SSSR count). The molecular weight excluding hydrogens is 474 g/mol. The molecule has 0 aromatic rings. The van der Waals surface area contributed by atoms with Crippen molar-refractivity contribution in [1.82, 2.24) is 20.9 Å². The molecule has 3 heterocycles. The van der Waals surface area contributed by atoms with E-state index in [4.69, 9.17) is 4.74 Å². The van der Waals surface area contributed by atoms with Crippen LogP contribution in [0.1, 0.15) is 64.7 Å². The summed E-state index contributed by atoms with van der Waals surface area (Å²) in [6, 6.07) is 3.06. The fourth-order valence-corrected chi connectivity index (χ4v) is 8.92. The molecule has 5 fully saturated rings. The van der Waals surface area contributed by atoms with E-state index in [1.165, 1.54) is 19.3 Å². The molecule has 9 heteroatoms. The van der Waals surface area contributed by atoms with Crippen LogP contribution < -0.4 is 16.0 Å². The average molecular weight is 518 g/mol. The van der Waals surface area contributed by atoms with Crippen LogP contribution in [0.25, 0.3) is 0 Å². The molecule has 36 heavy (non-hydrogen) atoms. The number of nitriles is 1. The van der Waals surface area contributed by atoms with E-state index >= 15 is 0 Å². The number of methoxy groups -OCH3 is 1. The van der Waals surface area contributed by atoms with E-state index in [1.54, 1.807) is 18.9 Å². The van der Waals surface area contributed by atoms with Crippen LogP contribution in [-0.4, -0.2) is 72.4 Å². The lowest BCUT2D eigenvalue weighted by Gasteiger charge is -2.44. The second-order valence-corrected chi connectivity index (χ2v) is 13.2. The van der Waals surface area contributed by atoms with Gasteiger partial charge in [-0.15, -0.1) is 11.8 Å². The average Bonchev–Trinajstić information content (AvgIpc) is 3.47. The minimum absolute atomic E-state index is 0.0565. The Kier molecular flexibility index (Phi) is 8.46. The Morgan fingerprint density at radius 2 is 1.89 bits per heavy atom. The van der Waals surface area contributed by atoms with Gasteiger partial charge in [-0.2, -0.15) is 5.26 Å². The van der Waals surface area contributed by atoms with Crippen LogP contribution in [0, 0.1) is 40.9 Å². The SMILES string of the molecule is COC1CCC(C#N)CC1C1CC(C)NCC1C(=O)NC1NC2CN(C(=O)C3CCCCC3)CC2S1. The lowest BCUT2D eigenvalue weighted by atomic mass is 9.66. The third-order valence-electron chi connectivity index (χ3n) is 9.52. The van der Waals surface area contributed by atoms with Crippen LogP contribution in [0.2, 0.25) is 0 Å². The largest absolute Gasteiger partial charge is 0.381 e. The second kappa shape index (κ2) is 11.6. The van der Waals surface area contributed by atoms with Gasteiger partial charge in [-0.1, -0.05) is 19.3 Å². The Morgan fingerprint density at radius 1 is 1.08 bits per heavy atom. The summed E-state index contributed by atoms with van der Waals surface area (Å²) < 4.78 is 5.86. The monoisotopic (exact) mass is 517 g/mol. The minimum atomic E-state index is -0.131. The van der Waals surface area contributed by atoms with E-state index in [1.807, 2.05) is 0 Å². The summed E-state index contributed by atoms with van der Waals surface area (Å²) >= 11 is 1.76. The van der Waals surface area contributed by atoms with Crippen molar-refractivity contribution >= 4 is 23.6 Å². The lowest BCUT2D eigenvalue weighted by molar-refractivity contribution is -0.135. The number of piperidine rings is 1. The summed E-state index contributed by atoms with van der Waals surface area (Å²) in [4.78, 5) is 28.6. The molecule has 0 aromatic heterocycles. The maximum Gasteiger partial charge on any atom is 0.226 e. The number of amides is 2. The third kappa shape index (κ3) is 5.57. The van der Waals surface area contributed by atoms with E-state index < -0.39 is 0 Å². The van der Waals surface area contributed by atoms with Crippen LogP contribution in [0.15, 0.2) is 0 Å². The molecule has 0 aromatic carbocycles. The second-order valence-electron chi connectivity index (χ2n) is 11.8. The number of thioether (sulfide) groups is 1. The fraction of sp³-hybridized carbons (Fsp3) is 0.889. The molecule has 0 bridgehead atoms. The molecule has 9 atom stereocenters. The zero-order valence-electron chi connectivity index (χ0n) is 21.8. The normalized spacial score (nSPS) is 41.5. The summed E-state index contributed by atoms with van der Waals surface area (Å²) in [6.45, 7) is 4.37. The van der Waals surface area contributed by atoms with Gasteiger partial charge in [-0.05, 0) is 57.3 Å². The molecule has 0 radical (unpaired) electrons. The van der Waals surface area contributed by atoms with Crippen molar-refractivity contribution in [1.29, 1.82) is 5.26 Å². The molecule has 5 aliphatic rings. The number of likely N-dealkylation sites (tertiary alicyclic amines) is 1. The highest BCUT2D eigenvalue weighted by molar-refractivity contribution is 8.00. The smallest absolute Gasteiger partial charge is 0.226 e. The Hall–Kier alpha value is -1.34. The topological polar surface area (TPSA) is 106 Å². The van der Waals surface area contributed by atoms with E-state index in [9.17, 15) is 14.9 Å². The van der Waals surface area contributed by atoms with Gasteiger partial charge in [0.2, 0.25) is 11.8 Å². The summed E-state index contributed by atoms with van der Waals surface area (Å²) in [7, 11) is 1.77. The van der Waals surface area contributed by atoms with Gasteiger partial charge in [0.05, 0.1) is 18.1 Å². The molecular formula is C27H43N5O3S. The summed E-state index contributed by atoms with van der Waals surface area (Å²) in [6.07, 6.45) is 9.34. The molecule has 200 valence electrons. The van der Waals surface area contributed by atoms with Gasteiger partial charge in [-0.3, -0.25) is 14.9 Å². The standard InChI is InChI=1S/C27H43N5O3S/c1-16-10-19(20-11-17(12-28)8-9-23(20)35-2)21(13-29-16)25(33)31-27-30-22-14-32(15-24(22)36-27)26(34)18-6-4-3-5-7-18/h16-24,27,29-30H,3-11,13-15H2,1-2H3,(H,31,33). The first kappa shape index (κ1) is 26.3. The first-order chi connectivity index (χ1) is 17.5. The first-order valence-corrected chi connectivity index (χ1v) is 15.1. The molecule has 3 saturated heterocycles. The van der Waals surface area contributed by atoms with Crippen LogP contribution in [0.3, 0.4) is 0 Å². The van der Waals surface area contributed by atoms with Gasteiger partial charge < -0.3 is 20.3 Å². The number of rotatable bonds is 5. The Morgan fingerprint density at radius 3 is 2.61 bits per heavy atom. The summed E-state index contributed by atoms with van der Waals surface area (Å²) in [5.41, 5.74) is -0.115. The van der Waals surface area contributed by atoms with Crippen LogP contribution in [0.5, 0.6) is 0 Å². The third-order valence-corrected chi connectivity index (χ3v) is 10.9. The van der Waals surface area contributed by atoms with Gasteiger partial charge in [0.15, 0.2) is 0 Å². The molecule has 2 amide bonds. The highest BCUT2D eigenvalue weighted by atomic mass is 32.2. The zero-order valence-corrected chi connectivity index (χ0v) is 22.6. The molecule has 9 unspecified atom stereocenters. The molecule has 2 aliphatic carbocycles. The van der Waals surface area contributed by atoms with Gasteiger partial charge in [0.1, 0.15) is 5.50 Å².